The Morgan fingerprint density at radius 3 is 1.45 bits per heavy atom. The Morgan fingerprint density at radius 1 is 0.900 bits per heavy atom. The van der Waals surface area contributed by atoms with Crippen molar-refractivity contribution in [3.05, 3.63) is 48.5 Å². The second-order valence-corrected chi connectivity index (χ2v) is 6.03. The number of aliphatic hydroxyl groups excluding tert-OH is 2. The van der Waals surface area contributed by atoms with Gasteiger partial charge in [-0.1, -0.05) is 23.4 Å². The molecule has 224 valence electrons. The molecule has 0 spiro atoms. The molecular weight excluding hydrogens is 687 g/mol. The van der Waals surface area contributed by atoms with E-state index in [0.29, 0.717) is 11.1 Å². The summed E-state index contributed by atoms with van der Waals surface area (Å²) in [6, 6.07) is 9.22. The number of hydrogen-bond donors (Lipinski definition) is 3. The summed E-state index contributed by atoms with van der Waals surface area (Å²) in [4.78, 5) is 11.2. The minimum Gasteiger partial charge on any atom is -1.00 e. The molecule has 0 amide bonds. The van der Waals surface area contributed by atoms with E-state index in [1.54, 1.807) is 0 Å². The molecule has 0 aliphatic rings. The molecule has 0 aliphatic carbocycles. The summed E-state index contributed by atoms with van der Waals surface area (Å²) in [5, 5.41) is 34.1. The standard InChI is InChI=1S/C9H9F3O3.C7H5F3O2.C2H5BrO.CH3F.CH2O3.CH4.2K.H/c10-9(11,12)15-8-3-1-7(2-4-8)14-6-5-13;8-7(9,10)12-6-3-1-5(11)2-4-6;3-1-2-4;1-2;2-1-4-3;;;;/h1-4,13H,5-6H2;1-4,11H;4H,1-2H2;1H3;1,3H;1H4;;;/q;;;;;;2*+1;-1/p-1/i;;;1D;;;;;. The quantitative estimate of drug-likeness (QED) is 0.0773. The van der Waals surface area contributed by atoms with Gasteiger partial charge in [-0.2, -0.15) is 0 Å². The first-order chi connectivity index (χ1) is 17.7. The summed E-state index contributed by atoms with van der Waals surface area (Å²) in [5.74, 6) is -0.387. The molecule has 0 bridgehead atoms. The van der Waals surface area contributed by atoms with Gasteiger partial charge in [0, 0.05) is 5.33 Å². The number of alkyl halides is 8. The number of benzene rings is 2. The maximum Gasteiger partial charge on any atom is 1.00 e. The number of phenols is 1. The summed E-state index contributed by atoms with van der Waals surface area (Å²) in [6.45, 7) is 0.000275. The second kappa shape index (κ2) is 33.8. The first-order valence-electron chi connectivity index (χ1n) is 9.82. The number of phenolic OH excluding ortho intramolecular Hbond substituents is 1. The fourth-order valence-corrected chi connectivity index (χ4v) is 1.55. The fourth-order valence-electron chi connectivity index (χ4n) is 1.55. The van der Waals surface area contributed by atoms with Gasteiger partial charge in [-0.15, -0.1) is 26.3 Å². The summed E-state index contributed by atoms with van der Waals surface area (Å²) < 4.78 is 97.6. The number of aromatic hydroxyl groups is 1. The van der Waals surface area contributed by atoms with Crippen LogP contribution in [-0.4, -0.2) is 66.8 Å². The van der Waals surface area contributed by atoms with Gasteiger partial charge in [0.05, 0.1) is 21.7 Å². The van der Waals surface area contributed by atoms with E-state index < -0.39 is 19.9 Å². The molecule has 0 saturated heterocycles. The van der Waals surface area contributed by atoms with Crippen molar-refractivity contribution in [2.75, 3.05) is 32.3 Å². The van der Waals surface area contributed by atoms with E-state index in [-0.39, 0.29) is 155 Å². The van der Waals surface area contributed by atoms with Crippen LogP contribution in [0.2, 0.25) is 0 Å². The zero-order valence-electron chi connectivity index (χ0n) is 22.5. The summed E-state index contributed by atoms with van der Waals surface area (Å²) in [5.41, 5.74) is 0. The van der Waals surface area contributed by atoms with Gasteiger partial charge in [-0.25, -0.2) is 0 Å². The largest absolute Gasteiger partial charge is 1.00 e. The van der Waals surface area contributed by atoms with Crippen LogP contribution in [0.15, 0.2) is 48.5 Å². The molecule has 2 rings (SSSR count). The van der Waals surface area contributed by atoms with Crippen LogP contribution in [0.3, 0.4) is 0 Å². The monoisotopic (exact) mass is 715 g/mol. The average Bonchev–Trinajstić information content (AvgIpc) is 2.84. The Kier molecular flexibility index (Phi) is 42.1. The third-order valence-corrected chi connectivity index (χ3v) is 2.97. The summed E-state index contributed by atoms with van der Waals surface area (Å²) in [6.07, 6.45) is -9.37. The molecule has 0 heterocycles. The van der Waals surface area contributed by atoms with Crippen LogP contribution in [0.5, 0.6) is 23.0 Å². The Morgan fingerprint density at radius 2 is 1.20 bits per heavy atom. The maximum atomic E-state index is 11.8. The van der Waals surface area contributed by atoms with E-state index in [9.17, 15) is 30.7 Å². The predicted molar refractivity (Wildman–Crippen MR) is 123 cm³/mol. The molecule has 40 heavy (non-hydrogen) atoms. The minimum atomic E-state index is -4.69. The number of rotatable bonds is 7. The number of aliphatic hydroxyl groups is 2. The van der Waals surface area contributed by atoms with Crippen molar-refractivity contribution < 1.29 is 181 Å². The van der Waals surface area contributed by atoms with Gasteiger partial charge in [0.25, 0.3) is 6.47 Å². The number of carbonyl (C=O) groups is 1. The third-order valence-electron chi connectivity index (χ3n) is 2.61. The Labute approximate surface area is 322 Å². The van der Waals surface area contributed by atoms with Crippen molar-refractivity contribution in [1.29, 1.82) is 0 Å². The molecule has 2 aromatic carbocycles. The second-order valence-electron chi connectivity index (χ2n) is 5.24. The van der Waals surface area contributed by atoms with Crippen LogP contribution < -0.4 is 122 Å². The topological polar surface area (TPSA) is 138 Å². The molecule has 2 aromatic rings. The minimum absolute atomic E-state index is 0. The molecule has 3 N–H and O–H groups in total. The van der Waals surface area contributed by atoms with Crippen LogP contribution in [0.4, 0.5) is 30.7 Å². The summed E-state index contributed by atoms with van der Waals surface area (Å²) in [7, 11) is -1.00. The van der Waals surface area contributed by atoms with E-state index in [0.717, 1.165) is 36.4 Å². The molecule has 0 fully saturated rings. The zero-order valence-corrected chi connectivity index (χ0v) is 28.4. The number of ether oxygens (including phenoxy) is 3. The van der Waals surface area contributed by atoms with Crippen LogP contribution in [0.25, 0.3) is 0 Å². The van der Waals surface area contributed by atoms with Crippen LogP contribution in [0, 0.1) is 0 Å². The van der Waals surface area contributed by atoms with Crippen molar-refractivity contribution in [3.63, 3.8) is 0 Å². The number of halogens is 8. The van der Waals surface area contributed by atoms with Crippen molar-refractivity contribution in [2.24, 2.45) is 0 Å². The van der Waals surface area contributed by atoms with Crippen LogP contribution >= 0.6 is 15.9 Å². The molecule has 0 aromatic heterocycles. The molecule has 0 saturated carbocycles. The first kappa shape index (κ1) is 49.9. The SMILES string of the molecule is C.O=CO[O-].OCCBr.OCCOc1ccc(OC(F)(F)F)cc1.Oc1ccc(OC(F)(F)F)cc1.[2H]CF.[H-].[K+].[K+]. The van der Waals surface area contributed by atoms with Crippen molar-refractivity contribution in [3.8, 4) is 23.0 Å². The van der Waals surface area contributed by atoms with Gasteiger partial charge in [0.15, 0.2) is 0 Å². The van der Waals surface area contributed by atoms with Gasteiger partial charge in [0.1, 0.15) is 29.6 Å². The van der Waals surface area contributed by atoms with Crippen molar-refractivity contribution in [2.45, 2.75) is 20.2 Å². The van der Waals surface area contributed by atoms with E-state index in [4.69, 9.17) is 31.5 Å². The molecule has 0 unspecified atom stereocenters. The normalized spacial score (nSPS) is 9.32. The first-order valence-corrected chi connectivity index (χ1v) is 10.2. The molecule has 9 nitrogen and oxygen atoms in total. The van der Waals surface area contributed by atoms with Gasteiger partial charge in [0.2, 0.25) is 0 Å². The van der Waals surface area contributed by atoms with Crippen LogP contribution in [0.1, 0.15) is 10.2 Å². The van der Waals surface area contributed by atoms with Gasteiger partial charge < -0.3 is 41.1 Å². The molecular formula is C21H28BrF7K2O9. The molecule has 0 aliphatic heterocycles. The predicted octanol–water partition coefficient (Wildman–Crippen LogP) is -1.60. The Balaban J connectivity index is -0.0000000815. The Hall–Kier alpha value is 0.253. The smallest absolute Gasteiger partial charge is 1.00 e. The Bertz CT molecular complexity index is 813. The molecule has 19 heteroatoms. The van der Waals surface area contributed by atoms with E-state index in [2.05, 4.69) is 30.3 Å². The number of carbonyl (C=O) groups excluding carboxylic acids is 1. The van der Waals surface area contributed by atoms with Gasteiger partial charge in [-0.3, -0.25) is 9.18 Å². The maximum absolute atomic E-state index is 11.8. The zero-order chi connectivity index (χ0) is 30.0. The van der Waals surface area contributed by atoms with Crippen molar-refractivity contribution in [1.82, 2.24) is 0 Å². The van der Waals surface area contributed by atoms with E-state index in [1.807, 2.05) is 0 Å². The van der Waals surface area contributed by atoms with Gasteiger partial charge >= 0.3 is 115 Å². The molecule has 0 radical (unpaired) electrons. The average molecular weight is 717 g/mol. The van der Waals surface area contributed by atoms with E-state index >= 15 is 0 Å². The fraction of sp³-hybridized carbons (Fsp3) is 0.381. The van der Waals surface area contributed by atoms with Crippen LogP contribution in [-0.2, 0) is 9.68 Å². The van der Waals surface area contributed by atoms with E-state index in [1.165, 1.54) is 12.1 Å². The third kappa shape index (κ3) is 40.4. The van der Waals surface area contributed by atoms with Crippen molar-refractivity contribution >= 4 is 22.4 Å². The summed E-state index contributed by atoms with van der Waals surface area (Å²) >= 11 is 3.00. The number of hydrogen-bond acceptors (Lipinski definition) is 9. The molecule has 0 atom stereocenters. The van der Waals surface area contributed by atoms with Gasteiger partial charge in [-0.05, 0) is 48.5 Å².